The van der Waals surface area contributed by atoms with Crippen LogP contribution in [0, 0.1) is 5.92 Å². The summed E-state index contributed by atoms with van der Waals surface area (Å²) >= 11 is 0. The maximum atomic E-state index is 13.3. The van der Waals surface area contributed by atoms with E-state index in [1.54, 1.807) is 13.0 Å². The number of benzene rings is 2. The summed E-state index contributed by atoms with van der Waals surface area (Å²) in [4.78, 5) is 24.7. The number of ether oxygens (including phenoxy) is 1. The average molecular weight is 458 g/mol. The number of sulfonamides is 1. The fourth-order valence-electron chi connectivity index (χ4n) is 3.94. The van der Waals surface area contributed by atoms with Gasteiger partial charge in [0.05, 0.1) is 16.5 Å². The van der Waals surface area contributed by atoms with E-state index >= 15 is 0 Å². The van der Waals surface area contributed by atoms with Gasteiger partial charge in [0.25, 0.3) is 5.91 Å². The molecule has 0 spiro atoms. The number of aryl methyl sites for hydroxylation is 1. The van der Waals surface area contributed by atoms with Crippen LogP contribution in [0.4, 0.5) is 11.4 Å². The fraction of sp³-hybridized carbons (Fsp3) is 0.391. The number of piperidine rings is 1. The number of nitrogens with zero attached hydrogens (tertiary/aromatic N) is 1. The first-order valence-electron chi connectivity index (χ1n) is 10.8. The van der Waals surface area contributed by atoms with E-state index in [0.717, 1.165) is 6.42 Å². The van der Waals surface area contributed by atoms with Crippen LogP contribution in [0.3, 0.4) is 0 Å². The van der Waals surface area contributed by atoms with Crippen molar-refractivity contribution in [2.75, 3.05) is 23.7 Å². The molecule has 0 aromatic heterocycles. The number of rotatable bonds is 5. The van der Waals surface area contributed by atoms with Gasteiger partial charge < -0.3 is 15.4 Å². The zero-order valence-corrected chi connectivity index (χ0v) is 18.9. The van der Waals surface area contributed by atoms with Gasteiger partial charge >= 0.3 is 0 Å². The van der Waals surface area contributed by atoms with Crippen molar-refractivity contribution in [1.29, 1.82) is 0 Å². The van der Waals surface area contributed by atoms with Crippen LogP contribution >= 0.6 is 0 Å². The Morgan fingerprint density at radius 3 is 2.69 bits per heavy atom. The molecule has 2 aromatic rings. The van der Waals surface area contributed by atoms with Crippen molar-refractivity contribution in [2.24, 2.45) is 5.92 Å². The Labute approximate surface area is 188 Å². The second-order valence-corrected chi connectivity index (χ2v) is 10.1. The smallest absolute Gasteiger partial charge is 0.265 e. The van der Waals surface area contributed by atoms with Crippen molar-refractivity contribution >= 4 is 33.2 Å². The van der Waals surface area contributed by atoms with E-state index in [4.69, 9.17) is 4.74 Å². The zero-order valence-electron chi connectivity index (χ0n) is 18.1. The highest BCUT2D eigenvalue weighted by molar-refractivity contribution is 7.89. The van der Waals surface area contributed by atoms with E-state index in [9.17, 15) is 18.0 Å². The normalized spacial score (nSPS) is 21.2. The minimum absolute atomic E-state index is 0.0610. The standard InChI is InChI=1S/C23H27N3O5S/c1-3-16-6-8-18(9-7-16)24-23(28)17-5-4-12-26(14-17)32(29,30)19-10-11-21-20(13-19)25-22(27)15(2)31-21/h6-11,13,15,17H,3-5,12,14H2,1-2H3,(H,24,28)(H,25,27)/t15-,17-/m0/s1. The molecule has 8 nitrogen and oxygen atoms in total. The third kappa shape index (κ3) is 4.49. The van der Waals surface area contributed by atoms with Gasteiger partial charge in [-0.1, -0.05) is 19.1 Å². The highest BCUT2D eigenvalue weighted by atomic mass is 32.2. The summed E-state index contributed by atoms with van der Waals surface area (Å²) in [5.41, 5.74) is 2.21. The van der Waals surface area contributed by atoms with E-state index in [-0.39, 0.29) is 23.3 Å². The summed E-state index contributed by atoms with van der Waals surface area (Å²) in [6.07, 6.45) is 1.50. The lowest BCUT2D eigenvalue weighted by atomic mass is 9.98. The number of carbonyl (C=O) groups is 2. The van der Waals surface area contributed by atoms with Gasteiger partial charge in [0.15, 0.2) is 6.10 Å². The van der Waals surface area contributed by atoms with Crippen LogP contribution in [0.2, 0.25) is 0 Å². The minimum atomic E-state index is -3.83. The topological polar surface area (TPSA) is 105 Å². The summed E-state index contributed by atoms with van der Waals surface area (Å²) < 4.78 is 33.4. The molecule has 2 amide bonds. The van der Waals surface area contributed by atoms with Gasteiger partial charge in [-0.3, -0.25) is 9.59 Å². The Balaban J connectivity index is 1.48. The molecule has 32 heavy (non-hydrogen) atoms. The first-order chi connectivity index (χ1) is 15.3. The lowest BCUT2D eigenvalue weighted by Crippen LogP contribution is -2.43. The lowest BCUT2D eigenvalue weighted by Gasteiger charge is -2.31. The zero-order chi connectivity index (χ0) is 22.9. The Hall–Kier alpha value is -2.91. The molecule has 2 atom stereocenters. The molecule has 2 N–H and O–H groups in total. The summed E-state index contributed by atoms with van der Waals surface area (Å²) in [6, 6.07) is 12.1. The third-order valence-electron chi connectivity index (χ3n) is 5.90. The fourth-order valence-corrected chi connectivity index (χ4v) is 5.49. The maximum Gasteiger partial charge on any atom is 0.265 e. The Morgan fingerprint density at radius 2 is 1.97 bits per heavy atom. The SMILES string of the molecule is CCc1ccc(NC(=O)[C@H]2CCCN(S(=O)(=O)c3ccc4c(c3)NC(=O)[C@H](C)O4)C2)cc1. The summed E-state index contributed by atoms with van der Waals surface area (Å²) in [7, 11) is -3.83. The Bertz CT molecular complexity index is 1130. The molecule has 170 valence electrons. The molecule has 0 radical (unpaired) electrons. The van der Waals surface area contributed by atoms with E-state index < -0.39 is 22.0 Å². The molecule has 0 bridgehead atoms. The van der Waals surface area contributed by atoms with Gasteiger partial charge in [-0.05, 0) is 62.1 Å². The monoisotopic (exact) mass is 457 g/mol. The van der Waals surface area contributed by atoms with Crippen LogP contribution in [0.5, 0.6) is 5.75 Å². The number of carbonyl (C=O) groups excluding carboxylic acids is 2. The van der Waals surface area contributed by atoms with Crippen LogP contribution in [0.15, 0.2) is 47.4 Å². The quantitative estimate of drug-likeness (QED) is 0.718. The molecule has 0 unspecified atom stereocenters. The lowest BCUT2D eigenvalue weighted by molar-refractivity contribution is -0.123. The van der Waals surface area contributed by atoms with E-state index in [1.165, 1.54) is 22.0 Å². The first-order valence-corrected chi connectivity index (χ1v) is 12.2. The van der Waals surface area contributed by atoms with Crippen LogP contribution in [0.1, 0.15) is 32.3 Å². The van der Waals surface area contributed by atoms with Crippen LogP contribution in [-0.4, -0.2) is 43.7 Å². The highest BCUT2D eigenvalue weighted by Crippen LogP contribution is 2.33. The predicted molar refractivity (Wildman–Crippen MR) is 121 cm³/mol. The summed E-state index contributed by atoms with van der Waals surface area (Å²) in [5.74, 6) is -0.519. The number of hydrogen-bond acceptors (Lipinski definition) is 5. The minimum Gasteiger partial charge on any atom is -0.479 e. The first kappa shape index (κ1) is 22.3. The van der Waals surface area contributed by atoms with Crippen molar-refractivity contribution in [1.82, 2.24) is 4.31 Å². The van der Waals surface area contributed by atoms with Crippen molar-refractivity contribution in [3.8, 4) is 5.75 Å². The van der Waals surface area contributed by atoms with Gasteiger partial charge in [-0.2, -0.15) is 4.31 Å². The van der Waals surface area contributed by atoms with Crippen molar-refractivity contribution in [3.63, 3.8) is 0 Å². The van der Waals surface area contributed by atoms with Gasteiger partial charge in [0.2, 0.25) is 15.9 Å². The molecular formula is C23H27N3O5S. The molecule has 2 aliphatic rings. The average Bonchev–Trinajstić information content (AvgIpc) is 2.80. The molecule has 2 aromatic carbocycles. The second-order valence-electron chi connectivity index (χ2n) is 8.15. The van der Waals surface area contributed by atoms with Crippen LogP contribution in [-0.2, 0) is 26.0 Å². The largest absolute Gasteiger partial charge is 0.479 e. The molecule has 1 saturated heterocycles. The Kier molecular flexibility index (Phi) is 6.21. The van der Waals surface area contributed by atoms with E-state index in [0.29, 0.717) is 36.5 Å². The molecule has 2 aliphatic heterocycles. The van der Waals surface area contributed by atoms with E-state index in [2.05, 4.69) is 17.6 Å². The molecule has 1 fully saturated rings. The number of fused-ring (bicyclic) bond motifs is 1. The van der Waals surface area contributed by atoms with Gasteiger partial charge in [0, 0.05) is 18.8 Å². The number of nitrogens with one attached hydrogen (secondary N) is 2. The van der Waals surface area contributed by atoms with Crippen LogP contribution in [0.25, 0.3) is 0 Å². The summed E-state index contributed by atoms with van der Waals surface area (Å²) in [6.45, 7) is 4.14. The Morgan fingerprint density at radius 1 is 1.22 bits per heavy atom. The molecule has 0 saturated carbocycles. The number of anilines is 2. The highest BCUT2D eigenvalue weighted by Gasteiger charge is 2.34. The number of hydrogen-bond donors (Lipinski definition) is 2. The predicted octanol–water partition coefficient (Wildman–Crippen LogP) is 3.01. The number of amides is 2. The van der Waals surface area contributed by atoms with Gasteiger partial charge in [-0.15, -0.1) is 0 Å². The molecule has 4 rings (SSSR count). The van der Waals surface area contributed by atoms with Crippen molar-refractivity contribution < 1.29 is 22.7 Å². The molecule has 2 heterocycles. The van der Waals surface area contributed by atoms with Gasteiger partial charge in [0.1, 0.15) is 5.75 Å². The summed E-state index contributed by atoms with van der Waals surface area (Å²) in [5, 5.41) is 5.58. The van der Waals surface area contributed by atoms with E-state index in [1.807, 2.05) is 24.3 Å². The van der Waals surface area contributed by atoms with Crippen molar-refractivity contribution in [3.05, 3.63) is 48.0 Å². The van der Waals surface area contributed by atoms with Crippen LogP contribution < -0.4 is 15.4 Å². The van der Waals surface area contributed by atoms with Gasteiger partial charge in [-0.25, -0.2) is 8.42 Å². The van der Waals surface area contributed by atoms with Crippen molar-refractivity contribution in [2.45, 2.75) is 44.1 Å². The maximum absolute atomic E-state index is 13.3. The third-order valence-corrected chi connectivity index (χ3v) is 7.77. The molecule has 9 heteroatoms. The molecule has 0 aliphatic carbocycles. The second kappa shape index (κ2) is 8.91. The molecular weight excluding hydrogens is 430 g/mol.